The summed E-state index contributed by atoms with van der Waals surface area (Å²) in [6.07, 6.45) is 2.23. The molecule has 0 fully saturated rings. The second-order valence-electron chi connectivity index (χ2n) is 3.59. The molecule has 0 aliphatic rings. The second kappa shape index (κ2) is 5.50. The molecule has 5 heteroatoms. The molecule has 0 saturated heterocycles. The number of nitrogens with one attached hydrogen (secondary N) is 1. The molecule has 84 valence electrons. The Morgan fingerprint density at radius 2 is 2.33 bits per heavy atom. The van der Waals surface area contributed by atoms with Crippen LogP contribution in [0.25, 0.3) is 0 Å². The fraction of sp³-hybridized carbons (Fsp3) is 0.600. The Morgan fingerprint density at radius 3 is 2.87 bits per heavy atom. The van der Waals surface area contributed by atoms with Crippen LogP contribution in [-0.4, -0.2) is 22.2 Å². The van der Waals surface area contributed by atoms with Gasteiger partial charge >= 0.3 is 0 Å². The summed E-state index contributed by atoms with van der Waals surface area (Å²) in [5.74, 6) is 0.761. The van der Waals surface area contributed by atoms with Gasteiger partial charge in [0.05, 0.1) is 5.69 Å². The predicted molar refractivity (Wildman–Crippen MR) is 59.5 cm³/mol. The lowest BCUT2D eigenvalue weighted by Crippen LogP contribution is -2.14. The number of hydrogen-bond acceptors (Lipinski definition) is 3. The van der Waals surface area contributed by atoms with Crippen molar-refractivity contribution in [2.24, 2.45) is 12.8 Å². The number of aromatic nitrogens is 2. The molecule has 1 heterocycles. The van der Waals surface area contributed by atoms with Gasteiger partial charge in [0.15, 0.2) is 0 Å². The van der Waals surface area contributed by atoms with Crippen molar-refractivity contribution in [3.8, 4) is 0 Å². The van der Waals surface area contributed by atoms with Crippen LogP contribution in [0.3, 0.4) is 0 Å². The van der Waals surface area contributed by atoms with Gasteiger partial charge in [-0.05, 0) is 26.3 Å². The molecule has 3 N–H and O–H groups in total. The lowest BCUT2D eigenvalue weighted by atomic mass is 10.2. The zero-order chi connectivity index (χ0) is 11.3. The summed E-state index contributed by atoms with van der Waals surface area (Å²) < 4.78 is 1.66. The minimum Gasteiger partial charge on any atom is -0.330 e. The number of amides is 1. The van der Waals surface area contributed by atoms with Crippen molar-refractivity contribution in [3.05, 3.63) is 11.8 Å². The van der Waals surface area contributed by atoms with E-state index in [9.17, 15) is 4.79 Å². The van der Waals surface area contributed by atoms with E-state index in [2.05, 4.69) is 10.4 Å². The molecule has 0 bridgehead atoms. The van der Waals surface area contributed by atoms with Gasteiger partial charge < -0.3 is 11.1 Å². The van der Waals surface area contributed by atoms with Crippen LogP contribution >= 0.6 is 0 Å². The first kappa shape index (κ1) is 11.7. The number of hydrogen-bond donors (Lipinski definition) is 2. The van der Waals surface area contributed by atoms with E-state index >= 15 is 0 Å². The summed E-state index contributed by atoms with van der Waals surface area (Å²) in [6, 6.07) is 1.85. The highest BCUT2D eigenvalue weighted by molar-refractivity contribution is 5.89. The van der Waals surface area contributed by atoms with Crippen molar-refractivity contribution in [1.29, 1.82) is 0 Å². The topological polar surface area (TPSA) is 72.9 Å². The van der Waals surface area contributed by atoms with Gasteiger partial charge in [-0.1, -0.05) is 0 Å². The summed E-state index contributed by atoms with van der Waals surface area (Å²) >= 11 is 0. The van der Waals surface area contributed by atoms with E-state index in [0.717, 1.165) is 24.4 Å². The molecular formula is C10H18N4O. The van der Waals surface area contributed by atoms with Crippen LogP contribution in [0.1, 0.15) is 25.0 Å². The van der Waals surface area contributed by atoms with E-state index in [1.807, 2.05) is 20.0 Å². The van der Waals surface area contributed by atoms with Crippen LogP contribution in [0.5, 0.6) is 0 Å². The quantitative estimate of drug-likeness (QED) is 0.706. The van der Waals surface area contributed by atoms with E-state index in [1.54, 1.807) is 4.68 Å². The van der Waals surface area contributed by atoms with E-state index in [-0.39, 0.29) is 5.91 Å². The summed E-state index contributed by atoms with van der Waals surface area (Å²) in [5, 5.41) is 6.95. The third kappa shape index (κ3) is 3.71. The highest BCUT2D eigenvalue weighted by Crippen LogP contribution is 2.08. The van der Waals surface area contributed by atoms with Crippen molar-refractivity contribution >= 4 is 11.7 Å². The van der Waals surface area contributed by atoms with Crippen LogP contribution in [-0.2, 0) is 11.8 Å². The molecule has 0 spiro atoms. The Kier molecular flexibility index (Phi) is 4.30. The summed E-state index contributed by atoms with van der Waals surface area (Å²) in [4.78, 5) is 11.5. The number of carbonyl (C=O) groups excluding carboxylic acids is 1. The maximum atomic E-state index is 11.5. The molecule has 1 aromatic heterocycles. The molecule has 1 rings (SSSR count). The Hall–Kier alpha value is -1.36. The van der Waals surface area contributed by atoms with E-state index < -0.39 is 0 Å². The maximum Gasteiger partial charge on any atom is 0.225 e. The third-order valence-electron chi connectivity index (χ3n) is 2.13. The highest BCUT2D eigenvalue weighted by Gasteiger charge is 2.06. The standard InChI is InChI=1S/C10H18N4O/c1-8-7-9(14(2)13-8)12-10(15)5-3-4-6-11/h7H,3-6,11H2,1-2H3,(H,12,15). The Balaban J connectivity index is 2.41. The Labute approximate surface area is 89.6 Å². The number of anilines is 1. The number of carbonyl (C=O) groups is 1. The summed E-state index contributed by atoms with van der Waals surface area (Å²) in [6.45, 7) is 2.53. The molecule has 0 unspecified atom stereocenters. The molecule has 0 saturated carbocycles. The average Bonchev–Trinajstić information content (AvgIpc) is 2.45. The zero-order valence-corrected chi connectivity index (χ0v) is 9.29. The van der Waals surface area contributed by atoms with Crippen molar-refractivity contribution in [1.82, 2.24) is 9.78 Å². The van der Waals surface area contributed by atoms with Gasteiger partial charge in [0.25, 0.3) is 0 Å². The van der Waals surface area contributed by atoms with Gasteiger partial charge in [-0.25, -0.2) is 0 Å². The molecule has 1 aromatic rings. The van der Waals surface area contributed by atoms with Crippen molar-refractivity contribution in [2.75, 3.05) is 11.9 Å². The lowest BCUT2D eigenvalue weighted by Gasteiger charge is -2.04. The van der Waals surface area contributed by atoms with Crippen molar-refractivity contribution < 1.29 is 4.79 Å². The van der Waals surface area contributed by atoms with E-state index in [4.69, 9.17) is 5.73 Å². The number of aryl methyl sites for hydroxylation is 2. The molecule has 1 amide bonds. The van der Waals surface area contributed by atoms with Gasteiger partial charge in [-0.15, -0.1) is 0 Å². The number of rotatable bonds is 5. The average molecular weight is 210 g/mol. The predicted octanol–water partition coefficient (Wildman–Crippen LogP) is 0.796. The highest BCUT2D eigenvalue weighted by atomic mass is 16.1. The molecule has 0 aromatic carbocycles. The Morgan fingerprint density at radius 1 is 1.60 bits per heavy atom. The van der Waals surface area contributed by atoms with Gasteiger partial charge in [0.1, 0.15) is 5.82 Å². The summed E-state index contributed by atoms with van der Waals surface area (Å²) in [7, 11) is 1.81. The molecule has 0 aliphatic carbocycles. The first-order valence-electron chi connectivity index (χ1n) is 5.14. The fourth-order valence-electron chi connectivity index (χ4n) is 1.36. The maximum absolute atomic E-state index is 11.5. The summed E-state index contributed by atoms with van der Waals surface area (Å²) in [5.41, 5.74) is 6.25. The molecular weight excluding hydrogens is 192 g/mol. The lowest BCUT2D eigenvalue weighted by molar-refractivity contribution is -0.116. The largest absolute Gasteiger partial charge is 0.330 e. The molecule has 15 heavy (non-hydrogen) atoms. The van der Waals surface area contributed by atoms with Crippen molar-refractivity contribution in [3.63, 3.8) is 0 Å². The SMILES string of the molecule is Cc1cc(NC(=O)CCCCN)n(C)n1. The first-order valence-corrected chi connectivity index (χ1v) is 5.14. The van der Waals surface area contributed by atoms with Gasteiger partial charge in [0.2, 0.25) is 5.91 Å². The van der Waals surface area contributed by atoms with Crippen LogP contribution in [0.15, 0.2) is 6.07 Å². The van der Waals surface area contributed by atoms with Gasteiger partial charge in [-0.2, -0.15) is 5.10 Å². The number of nitrogens with two attached hydrogens (primary N) is 1. The van der Waals surface area contributed by atoms with Crippen LogP contribution < -0.4 is 11.1 Å². The van der Waals surface area contributed by atoms with Crippen LogP contribution in [0.4, 0.5) is 5.82 Å². The van der Waals surface area contributed by atoms with Gasteiger partial charge in [-0.3, -0.25) is 9.48 Å². The smallest absolute Gasteiger partial charge is 0.225 e. The molecule has 5 nitrogen and oxygen atoms in total. The minimum atomic E-state index is 0.0199. The number of nitrogens with zero attached hydrogens (tertiary/aromatic N) is 2. The van der Waals surface area contributed by atoms with Crippen molar-refractivity contribution in [2.45, 2.75) is 26.2 Å². The van der Waals surface area contributed by atoms with E-state index in [1.165, 1.54) is 0 Å². The van der Waals surface area contributed by atoms with E-state index in [0.29, 0.717) is 13.0 Å². The first-order chi connectivity index (χ1) is 7.13. The number of unbranched alkanes of at least 4 members (excludes halogenated alkanes) is 1. The zero-order valence-electron chi connectivity index (χ0n) is 9.29. The van der Waals surface area contributed by atoms with Gasteiger partial charge in [0, 0.05) is 19.5 Å². The normalized spacial score (nSPS) is 10.3. The monoisotopic (exact) mass is 210 g/mol. The minimum absolute atomic E-state index is 0.0199. The molecule has 0 aliphatic heterocycles. The molecule has 0 atom stereocenters. The third-order valence-corrected chi connectivity index (χ3v) is 2.13. The molecule has 0 radical (unpaired) electrons. The van der Waals surface area contributed by atoms with Crippen LogP contribution in [0, 0.1) is 6.92 Å². The second-order valence-corrected chi connectivity index (χ2v) is 3.59. The Bertz CT molecular complexity index is 332. The fourth-order valence-corrected chi connectivity index (χ4v) is 1.36. The van der Waals surface area contributed by atoms with Crippen LogP contribution in [0.2, 0.25) is 0 Å².